The Labute approximate surface area is 182 Å². The summed E-state index contributed by atoms with van der Waals surface area (Å²) in [6, 6.07) is 9.63. The van der Waals surface area contributed by atoms with Crippen molar-refractivity contribution in [2.75, 3.05) is 56.2 Å². The molecule has 1 aromatic heterocycles. The number of amides is 1. The lowest BCUT2D eigenvalue weighted by Crippen LogP contribution is -2.37. The third-order valence-electron chi connectivity index (χ3n) is 5.53. The van der Waals surface area contributed by atoms with Gasteiger partial charge in [-0.3, -0.25) is 4.79 Å². The van der Waals surface area contributed by atoms with E-state index in [4.69, 9.17) is 21.3 Å². The number of likely N-dealkylation sites (N-methyl/N-ethyl adjacent to an activating group) is 1. The molecule has 2 aliphatic rings. The minimum absolute atomic E-state index is 0.139. The molecule has 4 rings (SSSR count). The van der Waals surface area contributed by atoms with Crippen molar-refractivity contribution < 1.29 is 9.53 Å². The van der Waals surface area contributed by atoms with Gasteiger partial charge in [0.2, 0.25) is 5.95 Å². The maximum Gasteiger partial charge on any atom is 0.270 e. The Kier molecular flexibility index (Phi) is 6.69. The second kappa shape index (κ2) is 9.62. The Morgan fingerprint density at radius 1 is 1.27 bits per heavy atom. The molecule has 30 heavy (non-hydrogen) atoms. The van der Waals surface area contributed by atoms with Crippen molar-refractivity contribution in [1.29, 1.82) is 0 Å². The van der Waals surface area contributed by atoms with Gasteiger partial charge in [-0.2, -0.15) is 4.98 Å². The molecule has 0 spiro atoms. The molecule has 2 heterocycles. The van der Waals surface area contributed by atoms with Gasteiger partial charge in [0.15, 0.2) is 0 Å². The van der Waals surface area contributed by atoms with Crippen molar-refractivity contribution in [3.8, 4) is 0 Å². The number of halogens is 1. The number of benzene rings is 1. The first-order chi connectivity index (χ1) is 14.6. The molecule has 0 unspecified atom stereocenters. The third kappa shape index (κ3) is 5.40. The lowest BCUT2D eigenvalue weighted by atomic mass is 10.1. The molecule has 0 bridgehead atoms. The fourth-order valence-electron chi connectivity index (χ4n) is 3.40. The van der Waals surface area contributed by atoms with E-state index < -0.39 is 0 Å². The highest BCUT2D eigenvalue weighted by Gasteiger charge is 2.23. The van der Waals surface area contributed by atoms with E-state index >= 15 is 0 Å². The van der Waals surface area contributed by atoms with Crippen LogP contribution in [-0.2, 0) is 11.2 Å². The molecule has 7 nitrogen and oxygen atoms in total. The van der Waals surface area contributed by atoms with Gasteiger partial charge in [0.25, 0.3) is 5.91 Å². The molecule has 8 heteroatoms. The summed E-state index contributed by atoms with van der Waals surface area (Å²) >= 11 is 6.29. The molecule has 1 N–H and O–H groups in total. The number of anilines is 2. The van der Waals surface area contributed by atoms with Crippen LogP contribution in [0.15, 0.2) is 30.3 Å². The molecule has 0 atom stereocenters. The van der Waals surface area contributed by atoms with Gasteiger partial charge >= 0.3 is 0 Å². The molecule has 1 saturated heterocycles. The molecule has 1 saturated carbocycles. The van der Waals surface area contributed by atoms with Crippen molar-refractivity contribution in [1.82, 2.24) is 15.3 Å². The highest BCUT2D eigenvalue weighted by molar-refractivity contribution is 6.31. The van der Waals surface area contributed by atoms with E-state index in [1.54, 1.807) is 6.07 Å². The van der Waals surface area contributed by atoms with Crippen LogP contribution >= 0.6 is 11.6 Å². The molecule has 0 radical (unpaired) electrons. The van der Waals surface area contributed by atoms with Crippen molar-refractivity contribution >= 4 is 29.3 Å². The van der Waals surface area contributed by atoms with E-state index in [-0.39, 0.29) is 5.91 Å². The van der Waals surface area contributed by atoms with Crippen LogP contribution in [0.2, 0.25) is 5.02 Å². The Morgan fingerprint density at radius 3 is 2.77 bits per heavy atom. The van der Waals surface area contributed by atoms with Gasteiger partial charge in [0.05, 0.1) is 13.2 Å². The number of morpholine rings is 1. The van der Waals surface area contributed by atoms with Gasteiger partial charge in [-0.15, -0.1) is 0 Å². The standard InChI is InChI=1S/C22H28ClN5O2/c1-27(9-8-17-4-2-3-5-18(17)23)22-25-19(21(29)24-15-16-6-7-16)14-20(26-22)28-10-12-30-13-11-28/h2-5,14,16H,6-13,15H2,1H3,(H,24,29). The fourth-order valence-corrected chi connectivity index (χ4v) is 3.63. The Hall–Kier alpha value is -2.38. The van der Waals surface area contributed by atoms with E-state index in [1.807, 2.05) is 36.2 Å². The van der Waals surface area contributed by atoms with Crippen LogP contribution in [-0.4, -0.2) is 62.3 Å². The van der Waals surface area contributed by atoms with Crippen molar-refractivity contribution in [2.24, 2.45) is 5.92 Å². The molecular formula is C22H28ClN5O2. The summed E-state index contributed by atoms with van der Waals surface area (Å²) in [4.78, 5) is 26.2. The zero-order valence-corrected chi connectivity index (χ0v) is 18.1. The quantitative estimate of drug-likeness (QED) is 0.695. The van der Waals surface area contributed by atoms with Crippen LogP contribution in [0, 0.1) is 5.92 Å². The predicted octanol–water partition coefficient (Wildman–Crippen LogP) is 2.79. The third-order valence-corrected chi connectivity index (χ3v) is 5.90. The van der Waals surface area contributed by atoms with Crippen LogP contribution < -0.4 is 15.1 Å². The second-order valence-electron chi connectivity index (χ2n) is 7.93. The second-order valence-corrected chi connectivity index (χ2v) is 8.33. The number of nitrogens with one attached hydrogen (secondary N) is 1. The number of carbonyl (C=O) groups is 1. The minimum atomic E-state index is -0.139. The molecule has 2 aromatic rings. The first kappa shape index (κ1) is 20.9. The number of hydrogen-bond donors (Lipinski definition) is 1. The first-order valence-corrected chi connectivity index (χ1v) is 10.9. The number of rotatable bonds is 8. The smallest absolute Gasteiger partial charge is 0.270 e. The Balaban J connectivity index is 1.52. The molecular weight excluding hydrogens is 402 g/mol. The average molecular weight is 430 g/mol. The summed E-state index contributed by atoms with van der Waals surface area (Å²) in [5.74, 6) is 1.79. The van der Waals surface area contributed by atoms with Gasteiger partial charge in [0.1, 0.15) is 11.5 Å². The minimum Gasteiger partial charge on any atom is -0.378 e. The molecule has 1 aliphatic carbocycles. The highest BCUT2D eigenvalue weighted by Crippen LogP contribution is 2.27. The van der Waals surface area contributed by atoms with Gasteiger partial charge in [0, 0.05) is 44.3 Å². The summed E-state index contributed by atoms with van der Waals surface area (Å²) in [6.07, 6.45) is 3.16. The zero-order valence-electron chi connectivity index (χ0n) is 17.3. The number of nitrogens with zero attached hydrogens (tertiary/aromatic N) is 4. The average Bonchev–Trinajstić information content (AvgIpc) is 3.61. The zero-order chi connectivity index (χ0) is 20.9. The Bertz CT molecular complexity index is 884. The van der Waals surface area contributed by atoms with Gasteiger partial charge in [-0.05, 0) is 36.8 Å². The lowest BCUT2D eigenvalue weighted by Gasteiger charge is -2.29. The molecule has 1 aliphatic heterocycles. The summed E-state index contributed by atoms with van der Waals surface area (Å²) < 4.78 is 5.46. The summed E-state index contributed by atoms with van der Waals surface area (Å²) in [7, 11) is 1.95. The first-order valence-electron chi connectivity index (χ1n) is 10.5. The largest absolute Gasteiger partial charge is 0.378 e. The normalized spacial score (nSPS) is 16.4. The SMILES string of the molecule is CN(CCc1ccccc1Cl)c1nc(C(=O)NCC2CC2)cc(N2CCOCC2)n1. The van der Waals surface area contributed by atoms with Crippen LogP contribution in [0.25, 0.3) is 0 Å². The van der Waals surface area contributed by atoms with E-state index in [9.17, 15) is 4.79 Å². The summed E-state index contributed by atoms with van der Waals surface area (Å²) in [6.45, 7) is 4.23. The van der Waals surface area contributed by atoms with E-state index in [1.165, 1.54) is 12.8 Å². The van der Waals surface area contributed by atoms with Crippen LogP contribution in [0.5, 0.6) is 0 Å². The lowest BCUT2D eigenvalue weighted by molar-refractivity contribution is 0.0946. The van der Waals surface area contributed by atoms with E-state index in [2.05, 4.69) is 15.2 Å². The van der Waals surface area contributed by atoms with E-state index in [0.29, 0.717) is 43.9 Å². The topological polar surface area (TPSA) is 70.6 Å². The molecule has 2 fully saturated rings. The highest BCUT2D eigenvalue weighted by atomic mass is 35.5. The summed E-state index contributed by atoms with van der Waals surface area (Å²) in [5.41, 5.74) is 1.49. The number of hydrogen-bond acceptors (Lipinski definition) is 6. The molecule has 1 aromatic carbocycles. The predicted molar refractivity (Wildman–Crippen MR) is 119 cm³/mol. The van der Waals surface area contributed by atoms with Crippen molar-refractivity contribution in [3.05, 3.63) is 46.6 Å². The Morgan fingerprint density at radius 2 is 2.03 bits per heavy atom. The monoisotopic (exact) mass is 429 g/mol. The maximum atomic E-state index is 12.7. The van der Waals surface area contributed by atoms with Crippen LogP contribution in [0.3, 0.4) is 0 Å². The van der Waals surface area contributed by atoms with E-state index in [0.717, 1.165) is 35.9 Å². The van der Waals surface area contributed by atoms with Crippen LogP contribution in [0.1, 0.15) is 28.9 Å². The van der Waals surface area contributed by atoms with Crippen molar-refractivity contribution in [2.45, 2.75) is 19.3 Å². The fraction of sp³-hybridized carbons (Fsp3) is 0.500. The van der Waals surface area contributed by atoms with Crippen molar-refractivity contribution in [3.63, 3.8) is 0 Å². The van der Waals surface area contributed by atoms with Gasteiger partial charge in [-0.25, -0.2) is 4.98 Å². The maximum absolute atomic E-state index is 12.7. The van der Waals surface area contributed by atoms with Gasteiger partial charge in [-0.1, -0.05) is 29.8 Å². The summed E-state index contributed by atoms with van der Waals surface area (Å²) in [5, 5.41) is 3.77. The number of ether oxygens (including phenoxy) is 1. The number of aromatic nitrogens is 2. The molecule has 160 valence electrons. The number of carbonyl (C=O) groups excluding carboxylic acids is 1. The molecule has 1 amide bonds. The van der Waals surface area contributed by atoms with Gasteiger partial charge < -0.3 is 19.9 Å². The van der Waals surface area contributed by atoms with Crippen LogP contribution in [0.4, 0.5) is 11.8 Å².